The molecule has 3 aliphatic carbocycles. The molecule has 2 aromatic rings. The number of hydrogen-bond donors (Lipinski definition) is 2. The summed E-state index contributed by atoms with van der Waals surface area (Å²) in [7, 11) is 0. The molecule has 0 saturated heterocycles. The Balaban J connectivity index is 0.00000106. The predicted octanol–water partition coefficient (Wildman–Crippen LogP) is 6.35. The minimum atomic E-state index is 0.0895. The van der Waals surface area contributed by atoms with E-state index in [1.165, 1.54) is 39.1 Å². The first-order chi connectivity index (χ1) is 14.8. The van der Waals surface area contributed by atoms with E-state index in [0.717, 1.165) is 25.9 Å². The number of fused-ring (bicyclic) bond motifs is 3. The fraction of sp³-hybridized carbons (Fsp3) is 0.333. The second-order valence-corrected chi connectivity index (χ2v) is 8.80. The van der Waals surface area contributed by atoms with Crippen LogP contribution in [0.15, 0.2) is 83.3 Å². The summed E-state index contributed by atoms with van der Waals surface area (Å²) in [6, 6.07) is 13.4. The maximum atomic E-state index is 5.74. The third-order valence-corrected chi connectivity index (χ3v) is 7.08. The molecule has 0 bridgehead atoms. The van der Waals surface area contributed by atoms with Gasteiger partial charge >= 0.3 is 0 Å². The average Bonchev–Trinajstić information content (AvgIpc) is 3.37. The van der Waals surface area contributed by atoms with Crippen LogP contribution in [0.5, 0.6) is 0 Å². The SMILES string of the molecule is CC.NCCCNC12CC1C(c1ccc(-c3cccs3)cc1)=CC1=CCC=CC=C12. The molecule has 3 aliphatic rings. The molecule has 1 heterocycles. The third kappa shape index (κ3) is 3.90. The zero-order valence-corrected chi connectivity index (χ0v) is 18.8. The van der Waals surface area contributed by atoms with Gasteiger partial charge in [-0.15, -0.1) is 11.3 Å². The van der Waals surface area contributed by atoms with Crippen LogP contribution in [0.3, 0.4) is 0 Å². The molecule has 3 N–H and O–H groups in total. The molecule has 2 atom stereocenters. The lowest BCUT2D eigenvalue weighted by molar-refractivity contribution is 0.534. The Hall–Kier alpha value is -2.20. The van der Waals surface area contributed by atoms with Crippen LogP contribution in [-0.4, -0.2) is 18.6 Å². The Bertz CT molecular complexity index is 976. The van der Waals surface area contributed by atoms with E-state index in [4.69, 9.17) is 5.73 Å². The second kappa shape index (κ2) is 9.30. The van der Waals surface area contributed by atoms with Gasteiger partial charge in [-0.25, -0.2) is 0 Å². The highest BCUT2D eigenvalue weighted by atomic mass is 32.1. The van der Waals surface area contributed by atoms with Crippen molar-refractivity contribution in [1.29, 1.82) is 0 Å². The summed E-state index contributed by atoms with van der Waals surface area (Å²) in [5.41, 5.74) is 12.8. The van der Waals surface area contributed by atoms with Gasteiger partial charge in [0.05, 0.1) is 5.54 Å². The molecule has 2 unspecified atom stereocenters. The molecule has 0 amide bonds. The minimum absolute atomic E-state index is 0.0895. The van der Waals surface area contributed by atoms with Gasteiger partial charge in [-0.05, 0) is 71.6 Å². The maximum Gasteiger partial charge on any atom is 0.0517 e. The van der Waals surface area contributed by atoms with Crippen molar-refractivity contribution in [2.24, 2.45) is 11.7 Å². The maximum absolute atomic E-state index is 5.74. The molecule has 1 saturated carbocycles. The van der Waals surface area contributed by atoms with Crippen LogP contribution in [0, 0.1) is 5.92 Å². The van der Waals surface area contributed by atoms with E-state index in [1.807, 2.05) is 13.8 Å². The fourth-order valence-corrected chi connectivity index (χ4v) is 5.38. The number of benzene rings is 1. The Labute approximate surface area is 184 Å². The van der Waals surface area contributed by atoms with Crippen LogP contribution in [0.2, 0.25) is 0 Å². The number of nitrogens with one attached hydrogen (secondary N) is 1. The van der Waals surface area contributed by atoms with Crippen molar-refractivity contribution in [2.45, 2.75) is 38.6 Å². The van der Waals surface area contributed by atoms with E-state index in [9.17, 15) is 0 Å². The van der Waals surface area contributed by atoms with E-state index in [1.54, 1.807) is 11.3 Å². The summed E-state index contributed by atoms with van der Waals surface area (Å²) >= 11 is 1.80. The largest absolute Gasteiger partial charge is 0.330 e. The molecular formula is C27H32N2S. The molecule has 156 valence electrons. The van der Waals surface area contributed by atoms with Crippen molar-refractivity contribution < 1.29 is 0 Å². The Kier molecular flexibility index (Phi) is 6.52. The van der Waals surface area contributed by atoms with Crippen LogP contribution in [0.25, 0.3) is 16.0 Å². The van der Waals surface area contributed by atoms with Gasteiger partial charge in [-0.3, -0.25) is 0 Å². The van der Waals surface area contributed by atoms with Gasteiger partial charge in [0, 0.05) is 10.8 Å². The molecule has 0 radical (unpaired) electrons. The van der Waals surface area contributed by atoms with Gasteiger partial charge in [-0.2, -0.15) is 0 Å². The summed E-state index contributed by atoms with van der Waals surface area (Å²) in [5, 5.41) is 6.01. The second-order valence-electron chi connectivity index (χ2n) is 7.86. The average molecular weight is 417 g/mol. The molecule has 30 heavy (non-hydrogen) atoms. The first kappa shape index (κ1) is 21.0. The van der Waals surface area contributed by atoms with Crippen molar-refractivity contribution in [3.63, 3.8) is 0 Å². The van der Waals surface area contributed by atoms with Crippen molar-refractivity contribution in [2.75, 3.05) is 13.1 Å². The highest BCUT2D eigenvalue weighted by molar-refractivity contribution is 7.13. The van der Waals surface area contributed by atoms with Crippen molar-refractivity contribution in [3.05, 3.63) is 88.9 Å². The fourth-order valence-electron chi connectivity index (χ4n) is 4.65. The van der Waals surface area contributed by atoms with Crippen molar-refractivity contribution >= 4 is 16.9 Å². The third-order valence-electron chi connectivity index (χ3n) is 6.16. The highest BCUT2D eigenvalue weighted by Gasteiger charge is 2.60. The van der Waals surface area contributed by atoms with E-state index >= 15 is 0 Å². The zero-order chi connectivity index (χ0) is 21.0. The normalized spacial score (nSPS) is 23.7. The number of thiophene rings is 1. The molecule has 0 aliphatic heterocycles. The number of allylic oxidation sites excluding steroid dienone is 5. The van der Waals surface area contributed by atoms with Crippen molar-refractivity contribution in [3.8, 4) is 10.4 Å². The van der Waals surface area contributed by atoms with Gasteiger partial charge in [-0.1, -0.05) is 74.6 Å². The Morgan fingerprint density at radius 2 is 1.93 bits per heavy atom. The lowest BCUT2D eigenvalue weighted by Crippen LogP contribution is -2.39. The van der Waals surface area contributed by atoms with Crippen LogP contribution in [-0.2, 0) is 0 Å². The van der Waals surface area contributed by atoms with Crippen LogP contribution < -0.4 is 11.1 Å². The minimum Gasteiger partial charge on any atom is -0.330 e. The first-order valence-corrected chi connectivity index (χ1v) is 12.1. The smallest absolute Gasteiger partial charge is 0.0517 e. The van der Waals surface area contributed by atoms with Gasteiger partial charge in [0.25, 0.3) is 0 Å². The van der Waals surface area contributed by atoms with Crippen molar-refractivity contribution in [1.82, 2.24) is 5.32 Å². The van der Waals surface area contributed by atoms with Gasteiger partial charge in [0.15, 0.2) is 0 Å². The van der Waals surface area contributed by atoms with Crippen LogP contribution in [0.1, 0.15) is 38.7 Å². The summed E-state index contributed by atoms with van der Waals surface area (Å²) in [5.74, 6) is 0.549. The molecule has 3 heteroatoms. The van der Waals surface area contributed by atoms with E-state index in [0.29, 0.717) is 5.92 Å². The lowest BCUT2D eigenvalue weighted by atomic mass is 9.82. The molecule has 1 aromatic carbocycles. The molecule has 1 fully saturated rings. The standard InChI is InChI=1S/C25H26N2S.C2H6/c26-13-5-14-27-25-17-23(25)21(16-20-6-2-1-3-7-22(20)25)18-9-11-19(12-10-18)24-8-4-15-28-24;1-2/h1,3-4,6-12,15-16,23,27H,2,5,13-14,17,26H2;1-2H3. The Morgan fingerprint density at radius 1 is 1.13 bits per heavy atom. The summed E-state index contributed by atoms with van der Waals surface area (Å²) in [4.78, 5) is 1.33. The molecule has 2 nitrogen and oxygen atoms in total. The lowest BCUT2D eigenvalue weighted by Gasteiger charge is -2.29. The topological polar surface area (TPSA) is 38.0 Å². The van der Waals surface area contributed by atoms with E-state index in [2.05, 4.69) is 77.5 Å². The highest BCUT2D eigenvalue weighted by Crippen LogP contribution is 2.61. The molecule has 0 spiro atoms. The van der Waals surface area contributed by atoms with Crippen LogP contribution in [0.4, 0.5) is 0 Å². The monoisotopic (exact) mass is 416 g/mol. The van der Waals surface area contributed by atoms with Crippen LogP contribution >= 0.6 is 11.3 Å². The Morgan fingerprint density at radius 3 is 2.67 bits per heavy atom. The van der Waals surface area contributed by atoms with Gasteiger partial charge < -0.3 is 11.1 Å². The molecular weight excluding hydrogens is 384 g/mol. The van der Waals surface area contributed by atoms with Gasteiger partial charge in [0.2, 0.25) is 0 Å². The number of hydrogen-bond acceptors (Lipinski definition) is 3. The summed E-state index contributed by atoms with van der Waals surface area (Å²) in [6.45, 7) is 5.72. The summed E-state index contributed by atoms with van der Waals surface area (Å²) < 4.78 is 0. The molecule has 1 aromatic heterocycles. The molecule has 5 rings (SSSR count). The first-order valence-electron chi connectivity index (χ1n) is 11.2. The van der Waals surface area contributed by atoms with E-state index < -0.39 is 0 Å². The number of rotatable bonds is 6. The number of nitrogens with two attached hydrogens (primary N) is 1. The zero-order valence-electron chi connectivity index (χ0n) is 18.0. The summed E-state index contributed by atoms with van der Waals surface area (Å²) in [6.07, 6.45) is 14.8. The predicted molar refractivity (Wildman–Crippen MR) is 132 cm³/mol. The van der Waals surface area contributed by atoms with E-state index in [-0.39, 0.29) is 5.54 Å². The van der Waals surface area contributed by atoms with Gasteiger partial charge in [0.1, 0.15) is 0 Å². The quantitative estimate of drug-likeness (QED) is 0.539.